The van der Waals surface area contributed by atoms with E-state index in [1.165, 1.54) is 11.6 Å². The zero-order valence-electron chi connectivity index (χ0n) is 15.9. The van der Waals surface area contributed by atoms with Crippen LogP contribution in [0.2, 0.25) is 0 Å². The van der Waals surface area contributed by atoms with Crippen LogP contribution in [0.3, 0.4) is 0 Å². The van der Waals surface area contributed by atoms with Crippen molar-refractivity contribution in [3.8, 4) is 0 Å². The van der Waals surface area contributed by atoms with E-state index in [0.717, 1.165) is 44.1 Å². The summed E-state index contributed by atoms with van der Waals surface area (Å²) in [6.07, 6.45) is 5.34. The molecule has 0 amide bonds. The SMILES string of the molecule is CN(C)C(c1cccc(F)c1)C1CCC(O)(CCc2ccccc2)CC1. The van der Waals surface area contributed by atoms with Crippen LogP contribution in [0.15, 0.2) is 54.6 Å². The van der Waals surface area contributed by atoms with E-state index in [0.29, 0.717) is 5.92 Å². The van der Waals surface area contributed by atoms with Gasteiger partial charge in [0, 0.05) is 6.04 Å². The summed E-state index contributed by atoms with van der Waals surface area (Å²) >= 11 is 0. The second-order valence-electron chi connectivity index (χ2n) is 8.01. The standard InChI is InChI=1S/C23H30FNO/c1-25(2)22(20-9-6-10-21(24)17-20)19-12-15-23(26,16-13-19)14-11-18-7-4-3-5-8-18/h3-10,17,19,22,26H,11-16H2,1-2H3. The fraction of sp³-hybridized carbons (Fsp3) is 0.478. The van der Waals surface area contributed by atoms with Crippen molar-refractivity contribution in [3.05, 3.63) is 71.5 Å². The van der Waals surface area contributed by atoms with Gasteiger partial charge in [0.2, 0.25) is 0 Å². The molecule has 26 heavy (non-hydrogen) atoms. The van der Waals surface area contributed by atoms with Gasteiger partial charge >= 0.3 is 0 Å². The largest absolute Gasteiger partial charge is 0.390 e. The molecule has 1 atom stereocenters. The molecule has 2 aromatic carbocycles. The third kappa shape index (κ3) is 4.72. The normalized spacial score (nSPS) is 24.6. The lowest BCUT2D eigenvalue weighted by molar-refractivity contribution is -0.0268. The first kappa shape index (κ1) is 19.1. The van der Waals surface area contributed by atoms with Crippen LogP contribution in [0.4, 0.5) is 4.39 Å². The van der Waals surface area contributed by atoms with Crippen LogP contribution in [0, 0.1) is 11.7 Å². The van der Waals surface area contributed by atoms with E-state index in [4.69, 9.17) is 0 Å². The highest BCUT2D eigenvalue weighted by Gasteiger charge is 2.36. The molecule has 0 aliphatic heterocycles. The minimum Gasteiger partial charge on any atom is -0.390 e. The molecule has 3 heteroatoms. The zero-order valence-corrected chi connectivity index (χ0v) is 15.9. The van der Waals surface area contributed by atoms with E-state index < -0.39 is 5.60 Å². The Bertz CT molecular complexity index is 692. The van der Waals surface area contributed by atoms with Crippen LogP contribution in [-0.2, 0) is 6.42 Å². The maximum absolute atomic E-state index is 13.7. The third-order valence-electron chi connectivity index (χ3n) is 5.88. The Balaban J connectivity index is 1.62. The first-order valence-electron chi connectivity index (χ1n) is 9.65. The van der Waals surface area contributed by atoms with Gasteiger partial charge in [-0.3, -0.25) is 0 Å². The van der Waals surface area contributed by atoms with Crippen LogP contribution in [0.1, 0.15) is 49.3 Å². The Kier molecular flexibility index (Phi) is 6.10. The molecule has 2 nitrogen and oxygen atoms in total. The van der Waals surface area contributed by atoms with Crippen molar-refractivity contribution in [3.63, 3.8) is 0 Å². The van der Waals surface area contributed by atoms with Crippen LogP contribution in [0.5, 0.6) is 0 Å². The minimum atomic E-state index is -0.564. The molecular weight excluding hydrogens is 325 g/mol. The molecule has 0 aromatic heterocycles. The quantitative estimate of drug-likeness (QED) is 0.790. The number of rotatable bonds is 6. The number of halogens is 1. The monoisotopic (exact) mass is 355 g/mol. The number of hydrogen-bond acceptors (Lipinski definition) is 2. The Morgan fingerprint density at radius 3 is 2.38 bits per heavy atom. The van der Waals surface area contributed by atoms with Crippen LogP contribution < -0.4 is 0 Å². The summed E-state index contributed by atoms with van der Waals surface area (Å²) in [4.78, 5) is 2.19. The zero-order chi connectivity index (χ0) is 18.6. The van der Waals surface area contributed by atoms with Gasteiger partial charge in [0.15, 0.2) is 0 Å². The Morgan fingerprint density at radius 2 is 1.77 bits per heavy atom. The highest BCUT2D eigenvalue weighted by atomic mass is 19.1. The Hall–Kier alpha value is -1.71. The maximum atomic E-state index is 13.7. The molecule has 1 aliphatic rings. The van der Waals surface area contributed by atoms with Gasteiger partial charge in [-0.15, -0.1) is 0 Å². The number of hydrogen-bond donors (Lipinski definition) is 1. The van der Waals surface area contributed by atoms with Gasteiger partial charge in [0.05, 0.1) is 5.60 Å². The molecule has 1 fully saturated rings. The maximum Gasteiger partial charge on any atom is 0.123 e. The summed E-state index contributed by atoms with van der Waals surface area (Å²) in [5, 5.41) is 11.0. The van der Waals surface area contributed by atoms with Gasteiger partial charge in [-0.1, -0.05) is 42.5 Å². The molecule has 1 N–H and O–H groups in total. The summed E-state index contributed by atoms with van der Waals surface area (Å²) in [5.41, 5.74) is 1.76. The highest BCUT2D eigenvalue weighted by molar-refractivity contribution is 5.21. The first-order chi connectivity index (χ1) is 12.5. The summed E-state index contributed by atoms with van der Waals surface area (Å²) in [7, 11) is 4.12. The Morgan fingerprint density at radius 1 is 1.08 bits per heavy atom. The summed E-state index contributed by atoms with van der Waals surface area (Å²) in [6.45, 7) is 0. The number of nitrogens with zero attached hydrogens (tertiary/aromatic N) is 1. The second-order valence-corrected chi connectivity index (χ2v) is 8.01. The second kappa shape index (κ2) is 8.32. The van der Waals surface area contributed by atoms with Gasteiger partial charge in [-0.25, -0.2) is 4.39 Å². The van der Waals surface area contributed by atoms with Crippen molar-refractivity contribution in [2.24, 2.45) is 5.92 Å². The molecule has 2 aromatic rings. The Labute approximate surface area is 156 Å². The minimum absolute atomic E-state index is 0.176. The lowest BCUT2D eigenvalue weighted by Gasteiger charge is -2.41. The average Bonchev–Trinajstić information content (AvgIpc) is 2.63. The fourth-order valence-electron chi connectivity index (χ4n) is 4.45. The van der Waals surface area contributed by atoms with Gasteiger partial charge in [-0.2, -0.15) is 0 Å². The van der Waals surface area contributed by atoms with Crippen LogP contribution in [-0.4, -0.2) is 29.7 Å². The molecule has 0 radical (unpaired) electrons. The van der Waals surface area contributed by atoms with Crippen molar-refractivity contribution < 1.29 is 9.50 Å². The van der Waals surface area contributed by atoms with Crippen molar-refractivity contribution in [2.45, 2.75) is 50.2 Å². The number of benzene rings is 2. The van der Waals surface area contributed by atoms with E-state index in [1.54, 1.807) is 12.1 Å². The summed E-state index contributed by atoms with van der Waals surface area (Å²) < 4.78 is 13.7. The molecule has 1 aliphatic carbocycles. The van der Waals surface area contributed by atoms with Crippen LogP contribution in [0.25, 0.3) is 0 Å². The molecule has 3 rings (SSSR count). The lowest BCUT2D eigenvalue weighted by atomic mass is 9.72. The summed E-state index contributed by atoms with van der Waals surface area (Å²) in [5.74, 6) is 0.272. The predicted molar refractivity (Wildman–Crippen MR) is 104 cm³/mol. The van der Waals surface area contributed by atoms with E-state index in [9.17, 15) is 9.50 Å². The van der Waals surface area contributed by atoms with Crippen molar-refractivity contribution in [1.82, 2.24) is 4.90 Å². The van der Waals surface area contributed by atoms with E-state index in [-0.39, 0.29) is 11.9 Å². The number of aliphatic hydroxyl groups is 1. The van der Waals surface area contributed by atoms with Crippen molar-refractivity contribution >= 4 is 0 Å². The molecule has 0 saturated heterocycles. The van der Waals surface area contributed by atoms with Gasteiger partial charge < -0.3 is 10.0 Å². The number of aryl methyl sites for hydroxylation is 1. The highest BCUT2D eigenvalue weighted by Crippen LogP contribution is 2.42. The molecule has 1 unspecified atom stereocenters. The van der Waals surface area contributed by atoms with Gasteiger partial charge in [0.25, 0.3) is 0 Å². The predicted octanol–water partition coefficient (Wildman–Crippen LogP) is 4.98. The van der Waals surface area contributed by atoms with E-state index in [1.807, 2.05) is 12.1 Å². The molecule has 1 saturated carbocycles. The topological polar surface area (TPSA) is 23.5 Å². The van der Waals surface area contributed by atoms with Gasteiger partial charge in [0.1, 0.15) is 5.82 Å². The van der Waals surface area contributed by atoms with Gasteiger partial charge in [-0.05, 0) is 81.8 Å². The fourth-order valence-corrected chi connectivity index (χ4v) is 4.45. The lowest BCUT2D eigenvalue weighted by Crippen LogP contribution is -2.38. The third-order valence-corrected chi connectivity index (χ3v) is 5.88. The van der Waals surface area contributed by atoms with Crippen LogP contribution >= 0.6 is 0 Å². The summed E-state index contributed by atoms with van der Waals surface area (Å²) in [6, 6.07) is 17.5. The van der Waals surface area contributed by atoms with E-state index >= 15 is 0 Å². The molecular formula is C23H30FNO. The molecule has 0 bridgehead atoms. The molecule has 0 heterocycles. The molecule has 0 spiro atoms. The van der Waals surface area contributed by atoms with Crippen molar-refractivity contribution in [2.75, 3.05) is 14.1 Å². The first-order valence-corrected chi connectivity index (χ1v) is 9.65. The smallest absolute Gasteiger partial charge is 0.123 e. The molecule has 140 valence electrons. The van der Waals surface area contributed by atoms with E-state index in [2.05, 4.69) is 43.3 Å². The average molecular weight is 355 g/mol. The van der Waals surface area contributed by atoms with Crippen molar-refractivity contribution in [1.29, 1.82) is 0 Å².